The van der Waals surface area contributed by atoms with Crippen LogP contribution < -0.4 is 9.64 Å². The first kappa shape index (κ1) is 23.6. The molecule has 3 nitrogen and oxygen atoms in total. The number of carbonyl (C=O) groups is 1. The lowest BCUT2D eigenvalue weighted by molar-refractivity contribution is -0.113. The maximum atomic E-state index is 13.0. The third-order valence-electron chi connectivity index (χ3n) is 4.54. The van der Waals surface area contributed by atoms with Crippen molar-refractivity contribution in [2.75, 3.05) is 4.90 Å². The molecule has 1 aliphatic rings. The topological polar surface area (TPSA) is 29.5 Å². The van der Waals surface area contributed by atoms with Crippen LogP contribution >= 0.6 is 74.7 Å². The number of anilines is 1. The number of benzene rings is 3. The molecule has 0 aliphatic carbocycles. The summed E-state index contributed by atoms with van der Waals surface area (Å²) in [5.74, 6) is 0.432. The number of nitrogens with zero attached hydrogens (tertiary/aromatic N) is 1. The van der Waals surface area contributed by atoms with E-state index in [0.29, 0.717) is 42.3 Å². The molecule has 0 radical (unpaired) electrons. The second kappa shape index (κ2) is 10.2. The lowest BCUT2D eigenvalue weighted by Gasteiger charge is -2.16. The molecule has 0 atom stereocenters. The maximum absolute atomic E-state index is 13.0. The van der Waals surface area contributed by atoms with Crippen molar-refractivity contribution in [3.63, 3.8) is 0 Å². The lowest BCUT2D eigenvalue weighted by atomic mass is 10.2. The van der Waals surface area contributed by atoms with Crippen LogP contribution in [0, 0.1) is 0 Å². The third-order valence-corrected chi connectivity index (χ3v) is 7.37. The van der Waals surface area contributed by atoms with E-state index >= 15 is 0 Å². The largest absolute Gasteiger partial charge is 0.488 e. The number of hydrogen-bond donors (Lipinski definition) is 0. The molecule has 1 heterocycles. The van der Waals surface area contributed by atoms with Crippen molar-refractivity contribution in [3.05, 3.63) is 96.2 Å². The highest BCUT2D eigenvalue weighted by molar-refractivity contribution is 9.10. The summed E-state index contributed by atoms with van der Waals surface area (Å²) in [5.41, 5.74) is 2.23. The van der Waals surface area contributed by atoms with Crippen molar-refractivity contribution in [3.8, 4) is 5.75 Å². The van der Waals surface area contributed by atoms with E-state index in [9.17, 15) is 4.79 Å². The van der Waals surface area contributed by atoms with Crippen LogP contribution in [0.5, 0.6) is 5.75 Å². The summed E-state index contributed by atoms with van der Waals surface area (Å²) in [7, 11) is 0. The van der Waals surface area contributed by atoms with Gasteiger partial charge in [0.2, 0.25) is 0 Å². The molecule has 1 fully saturated rings. The SMILES string of the molecule is O=C1/C(=C/c2ccc(OCc3ccccc3Cl)c(Br)c2)SC(=S)N1c1ccc(Cl)cc1Cl. The highest BCUT2D eigenvalue weighted by Gasteiger charge is 2.34. The number of hydrogen-bond acceptors (Lipinski definition) is 4. The minimum absolute atomic E-state index is 0.237. The van der Waals surface area contributed by atoms with Gasteiger partial charge in [0.1, 0.15) is 12.4 Å². The molecular weight excluding hydrogens is 573 g/mol. The molecule has 4 rings (SSSR count). The van der Waals surface area contributed by atoms with Crippen LogP contribution in [-0.4, -0.2) is 10.2 Å². The highest BCUT2D eigenvalue weighted by Crippen LogP contribution is 2.40. The molecule has 0 N–H and O–H groups in total. The van der Waals surface area contributed by atoms with Crippen molar-refractivity contribution in [2.24, 2.45) is 0 Å². The van der Waals surface area contributed by atoms with Gasteiger partial charge in [-0.2, -0.15) is 0 Å². The Balaban J connectivity index is 1.52. The van der Waals surface area contributed by atoms with Crippen LogP contribution in [0.4, 0.5) is 5.69 Å². The van der Waals surface area contributed by atoms with Gasteiger partial charge in [0.05, 0.1) is 20.1 Å². The van der Waals surface area contributed by atoms with Crippen molar-refractivity contribution in [1.82, 2.24) is 0 Å². The summed E-state index contributed by atoms with van der Waals surface area (Å²) in [5, 5.41) is 1.50. The van der Waals surface area contributed by atoms with Crippen LogP contribution in [0.2, 0.25) is 15.1 Å². The minimum Gasteiger partial charge on any atom is -0.488 e. The van der Waals surface area contributed by atoms with Crippen molar-refractivity contribution < 1.29 is 9.53 Å². The Hall–Kier alpha value is -1.54. The van der Waals surface area contributed by atoms with E-state index in [2.05, 4.69) is 15.9 Å². The fourth-order valence-corrected chi connectivity index (χ4v) is 5.46. The fourth-order valence-electron chi connectivity index (χ4n) is 2.98. The monoisotopic (exact) mass is 583 g/mol. The van der Waals surface area contributed by atoms with Gasteiger partial charge >= 0.3 is 0 Å². The predicted molar refractivity (Wildman–Crippen MR) is 142 cm³/mol. The summed E-state index contributed by atoms with van der Waals surface area (Å²) < 4.78 is 7.05. The molecular formula is C23H13BrCl3NO2S2. The Labute approximate surface area is 218 Å². The van der Waals surface area contributed by atoms with Gasteiger partial charge < -0.3 is 4.74 Å². The van der Waals surface area contributed by atoms with E-state index in [1.54, 1.807) is 24.3 Å². The molecule has 0 spiro atoms. The average Bonchev–Trinajstić information content (AvgIpc) is 3.02. The zero-order chi connectivity index (χ0) is 22.8. The molecule has 162 valence electrons. The Morgan fingerprint density at radius 3 is 2.53 bits per heavy atom. The van der Waals surface area contributed by atoms with Crippen LogP contribution in [0.15, 0.2) is 70.0 Å². The Kier molecular flexibility index (Phi) is 7.50. The molecule has 1 amide bonds. The van der Waals surface area contributed by atoms with E-state index in [-0.39, 0.29) is 5.91 Å². The number of thioether (sulfide) groups is 1. The van der Waals surface area contributed by atoms with Gasteiger partial charge in [0, 0.05) is 15.6 Å². The maximum Gasteiger partial charge on any atom is 0.270 e. The normalized spacial score (nSPS) is 15.0. The summed E-state index contributed by atoms with van der Waals surface area (Å²) in [6.45, 7) is 0.345. The van der Waals surface area contributed by atoms with E-state index in [0.717, 1.165) is 15.6 Å². The van der Waals surface area contributed by atoms with E-state index in [1.807, 2.05) is 42.5 Å². The first-order valence-corrected chi connectivity index (χ1v) is 12.4. The number of halogens is 4. The number of amides is 1. The number of thiocarbonyl (C=S) groups is 1. The van der Waals surface area contributed by atoms with Gasteiger partial charge in [-0.05, 0) is 64.0 Å². The van der Waals surface area contributed by atoms with Crippen LogP contribution in [0.25, 0.3) is 6.08 Å². The Morgan fingerprint density at radius 1 is 1.03 bits per heavy atom. The summed E-state index contributed by atoms with van der Waals surface area (Å²) in [4.78, 5) is 14.9. The zero-order valence-electron chi connectivity index (χ0n) is 16.2. The molecule has 0 aromatic heterocycles. The lowest BCUT2D eigenvalue weighted by Crippen LogP contribution is -2.27. The van der Waals surface area contributed by atoms with Crippen molar-refractivity contribution >= 4 is 96.7 Å². The molecule has 3 aromatic rings. The van der Waals surface area contributed by atoms with Crippen LogP contribution in [0.1, 0.15) is 11.1 Å². The Morgan fingerprint density at radius 2 is 1.81 bits per heavy atom. The second-order valence-corrected chi connectivity index (χ2v) is 10.5. The van der Waals surface area contributed by atoms with Crippen LogP contribution in [0.3, 0.4) is 0 Å². The quantitative estimate of drug-likeness (QED) is 0.222. The third kappa shape index (κ3) is 5.16. The second-order valence-electron chi connectivity index (χ2n) is 6.68. The smallest absolute Gasteiger partial charge is 0.270 e. The molecule has 1 aliphatic heterocycles. The molecule has 32 heavy (non-hydrogen) atoms. The molecule has 3 aromatic carbocycles. The molecule has 0 unspecified atom stereocenters. The van der Waals surface area contributed by atoms with Gasteiger partial charge in [0.25, 0.3) is 5.91 Å². The zero-order valence-corrected chi connectivity index (χ0v) is 21.6. The standard InChI is InChI=1S/C23H13BrCl3NO2S2/c24-16-9-13(5-8-20(16)30-12-14-3-1-2-4-17(14)26)10-21-22(29)28(23(31)32-21)19-7-6-15(25)11-18(19)27/h1-11H,12H2/b21-10-. The van der Waals surface area contributed by atoms with Gasteiger partial charge in [-0.3, -0.25) is 9.69 Å². The first-order chi connectivity index (χ1) is 15.3. The van der Waals surface area contributed by atoms with Gasteiger partial charge in [-0.25, -0.2) is 0 Å². The van der Waals surface area contributed by atoms with E-state index < -0.39 is 0 Å². The van der Waals surface area contributed by atoms with Crippen molar-refractivity contribution in [1.29, 1.82) is 0 Å². The average molecular weight is 586 g/mol. The molecule has 9 heteroatoms. The molecule has 0 saturated carbocycles. The summed E-state index contributed by atoms with van der Waals surface area (Å²) in [6, 6.07) is 18.0. The van der Waals surface area contributed by atoms with Crippen molar-refractivity contribution in [2.45, 2.75) is 6.61 Å². The molecule has 0 bridgehead atoms. The highest BCUT2D eigenvalue weighted by atomic mass is 79.9. The van der Waals surface area contributed by atoms with Gasteiger partial charge in [-0.1, -0.05) is 83.0 Å². The van der Waals surface area contributed by atoms with E-state index in [4.69, 9.17) is 51.8 Å². The van der Waals surface area contributed by atoms with Gasteiger partial charge in [0.15, 0.2) is 4.32 Å². The summed E-state index contributed by atoms with van der Waals surface area (Å²) >= 11 is 28.6. The summed E-state index contributed by atoms with van der Waals surface area (Å²) in [6.07, 6.45) is 1.78. The predicted octanol–water partition coefficient (Wildman–Crippen LogP) is 8.39. The van der Waals surface area contributed by atoms with Crippen LogP contribution in [-0.2, 0) is 11.4 Å². The first-order valence-electron chi connectivity index (χ1n) is 9.22. The number of carbonyl (C=O) groups excluding carboxylic acids is 1. The van der Waals surface area contributed by atoms with E-state index in [1.165, 1.54) is 16.7 Å². The minimum atomic E-state index is -0.237. The number of rotatable bonds is 5. The molecule has 1 saturated heterocycles. The fraction of sp³-hybridized carbons (Fsp3) is 0.0435. The Bertz CT molecular complexity index is 1270. The number of ether oxygens (including phenoxy) is 1. The van der Waals surface area contributed by atoms with Gasteiger partial charge in [-0.15, -0.1) is 0 Å².